The van der Waals surface area contributed by atoms with E-state index in [0.29, 0.717) is 6.04 Å². The minimum absolute atomic E-state index is 0.104. The smallest absolute Gasteiger partial charge is 0.354 e. The van der Waals surface area contributed by atoms with Gasteiger partial charge in [0.15, 0.2) is 0 Å². The molecule has 0 aromatic carbocycles. The molecule has 4 heteroatoms. The summed E-state index contributed by atoms with van der Waals surface area (Å²) in [5.41, 5.74) is 1.03. The molecule has 1 aliphatic carbocycles. The van der Waals surface area contributed by atoms with Crippen molar-refractivity contribution in [3.8, 4) is 0 Å². The zero-order valence-corrected chi connectivity index (χ0v) is 9.55. The average Bonchev–Trinajstić information content (AvgIpc) is 3.11. The van der Waals surface area contributed by atoms with Gasteiger partial charge in [-0.25, -0.2) is 9.78 Å². The monoisotopic (exact) mass is 220 g/mol. The molecule has 1 saturated carbocycles. The van der Waals surface area contributed by atoms with Crippen LogP contribution < -0.4 is 4.90 Å². The third-order valence-corrected chi connectivity index (χ3v) is 3.29. The van der Waals surface area contributed by atoms with Crippen LogP contribution in [0.4, 0.5) is 5.69 Å². The highest BCUT2D eigenvalue weighted by Crippen LogP contribution is 2.36. The van der Waals surface area contributed by atoms with Crippen LogP contribution in [0.25, 0.3) is 0 Å². The fraction of sp³-hybridized carbons (Fsp3) is 0.500. The van der Waals surface area contributed by atoms with Gasteiger partial charge in [-0.1, -0.05) is 0 Å². The average molecular weight is 220 g/mol. The molecule has 0 aliphatic heterocycles. The number of hydrogen-bond acceptors (Lipinski definition) is 3. The molecule has 86 valence electrons. The lowest BCUT2D eigenvalue weighted by atomic mass is 10.1. The number of anilines is 1. The van der Waals surface area contributed by atoms with Crippen molar-refractivity contribution in [1.82, 2.24) is 4.98 Å². The van der Waals surface area contributed by atoms with Crippen LogP contribution in [-0.2, 0) is 0 Å². The Bertz CT molecular complexity index is 402. The Morgan fingerprint density at radius 1 is 1.62 bits per heavy atom. The lowest BCUT2D eigenvalue weighted by Crippen LogP contribution is -2.30. The number of rotatable bonds is 4. The van der Waals surface area contributed by atoms with Gasteiger partial charge in [0.05, 0.1) is 0 Å². The minimum Gasteiger partial charge on any atom is -0.477 e. The molecule has 1 atom stereocenters. The SMILES string of the molecule is CC(C1CC1)N(C)c1ccnc(C(=O)O)c1. The molecule has 0 amide bonds. The van der Waals surface area contributed by atoms with Gasteiger partial charge in [0.2, 0.25) is 0 Å². The van der Waals surface area contributed by atoms with E-state index in [1.54, 1.807) is 12.3 Å². The van der Waals surface area contributed by atoms with Crippen molar-refractivity contribution in [3.05, 3.63) is 24.0 Å². The molecule has 0 spiro atoms. The van der Waals surface area contributed by atoms with Crippen molar-refractivity contribution in [1.29, 1.82) is 0 Å². The maximum absolute atomic E-state index is 10.8. The highest BCUT2D eigenvalue weighted by molar-refractivity contribution is 5.86. The maximum Gasteiger partial charge on any atom is 0.354 e. The van der Waals surface area contributed by atoms with E-state index in [9.17, 15) is 4.79 Å². The first-order chi connectivity index (χ1) is 7.59. The van der Waals surface area contributed by atoms with Crippen LogP contribution in [0, 0.1) is 5.92 Å². The summed E-state index contributed by atoms with van der Waals surface area (Å²) in [6.45, 7) is 2.18. The van der Waals surface area contributed by atoms with E-state index >= 15 is 0 Å². The summed E-state index contributed by atoms with van der Waals surface area (Å²) in [5, 5.41) is 8.87. The topological polar surface area (TPSA) is 53.4 Å². The molecule has 2 rings (SSSR count). The van der Waals surface area contributed by atoms with Crippen molar-refractivity contribution in [2.75, 3.05) is 11.9 Å². The second-order valence-electron chi connectivity index (χ2n) is 4.39. The van der Waals surface area contributed by atoms with Crippen LogP contribution in [0.15, 0.2) is 18.3 Å². The van der Waals surface area contributed by atoms with Crippen LogP contribution in [0.5, 0.6) is 0 Å². The molecular weight excluding hydrogens is 204 g/mol. The van der Waals surface area contributed by atoms with Crippen LogP contribution in [0.1, 0.15) is 30.3 Å². The number of hydrogen-bond donors (Lipinski definition) is 1. The van der Waals surface area contributed by atoms with Crippen molar-refractivity contribution in [3.63, 3.8) is 0 Å². The van der Waals surface area contributed by atoms with E-state index < -0.39 is 5.97 Å². The van der Waals surface area contributed by atoms with Gasteiger partial charge in [-0.15, -0.1) is 0 Å². The highest BCUT2D eigenvalue weighted by atomic mass is 16.4. The van der Waals surface area contributed by atoms with Gasteiger partial charge in [0.1, 0.15) is 5.69 Å². The number of aromatic carboxylic acids is 1. The Morgan fingerprint density at radius 3 is 2.88 bits per heavy atom. The third kappa shape index (κ3) is 2.15. The molecule has 0 bridgehead atoms. The Morgan fingerprint density at radius 2 is 2.31 bits per heavy atom. The standard InChI is InChI=1S/C12H16N2O2/c1-8(9-3-4-9)14(2)10-5-6-13-11(7-10)12(15)16/h5-9H,3-4H2,1-2H3,(H,15,16). The van der Waals surface area contributed by atoms with Gasteiger partial charge < -0.3 is 10.0 Å². The first kappa shape index (κ1) is 10.9. The van der Waals surface area contributed by atoms with Crippen LogP contribution in [-0.4, -0.2) is 29.1 Å². The van der Waals surface area contributed by atoms with Crippen LogP contribution in [0.3, 0.4) is 0 Å². The lowest BCUT2D eigenvalue weighted by molar-refractivity contribution is 0.0690. The Balaban J connectivity index is 2.18. The molecule has 1 fully saturated rings. The van der Waals surface area contributed by atoms with Gasteiger partial charge >= 0.3 is 5.97 Å². The molecule has 0 saturated heterocycles. The normalized spacial score (nSPS) is 16.9. The molecule has 1 aromatic heterocycles. The summed E-state index contributed by atoms with van der Waals surface area (Å²) in [6, 6.07) is 3.94. The lowest BCUT2D eigenvalue weighted by Gasteiger charge is -2.27. The second kappa shape index (κ2) is 4.12. The fourth-order valence-corrected chi connectivity index (χ4v) is 1.89. The fourth-order valence-electron chi connectivity index (χ4n) is 1.89. The van der Waals surface area contributed by atoms with Gasteiger partial charge in [0, 0.05) is 25.0 Å². The van der Waals surface area contributed by atoms with Crippen molar-refractivity contribution >= 4 is 11.7 Å². The van der Waals surface area contributed by atoms with Crippen molar-refractivity contribution in [2.45, 2.75) is 25.8 Å². The first-order valence-corrected chi connectivity index (χ1v) is 5.52. The molecule has 0 radical (unpaired) electrons. The number of carbonyl (C=O) groups is 1. The van der Waals surface area contributed by atoms with Crippen molar-refractivity contribution in [2.24, 2.45) is 5.92 Å². The number of carboxylic acid groups (broad SMARTS) is 1. The Labute approximate surface area is 94.9 Å². The summed E-state index contributed by atoms with van der Waals surface area (Å²) < 4.78 is 0. The number of carboxylic acids is 1. The van der Waals surface area contributed by atoms with Crippen LogP contribution >= 0.6 is 0 Å². The minimum atomic E-state index is -0.977. The summed E-state index contributed by atoms with van der Waals surface area (Å²) >= 11 is 0. The van der Waals surface area contributed by atoms with E-state index in [2.05, 4.69) is 16.8 Å². The molecule has 4 nitrogen and oxygen atoms in total. The summed E-state index contributed by atoms with van der Waals surface area (Å²) in [6.07, 6.45) is 4.11. The van der Waals surface area contributed by atoms with Gasteiger partial charge in [-0.2, -0.15) is 0 Å². The Kier molecular flexibility index (Phi) is 2.81. The molecular formula is C12H16N2O2. The number of aromatic nitrogens is 1. The molecule has 1 aliphatic rings. The number of nitrogens with zero attached hydrogens (tertiary/aromatic N) is 2. The van der Waals surface area contributed by atoms with Gasteiger partial charge in [-0.3, -0.25) is 0 Å². The van der Waals surface area contributed by atoms with E-state index in [4.69, 9.17) is 5.11 Å². The van der Waals surface area contributed by atoms with E-state index in [-0.39, 0.29) is 5.69 Å². The number of pyridine rings is 1. The summed E-state index contributed by atoms with van der Waals surface area (Å²) in [5.74, 6) is -0.222. The summed E-state index contributed by atoms with van der Waals surface area (Å²) in [4.78, 5) is 16.8. The second-order valence-corrected chi connectivity index (χ2v) is 4.39. The molecule has 1 N–H and O–H groups in total. The molecule has 16 heavy (non-hydrogen) atoms. The molecule has 1 unspecified atom stereocenters. The molecule has 1 heterocycles. The maximum atomic E-state index is 10.8. The first-order valence-electron chi connectivity index (χ1n) is 5.52. The van der Waals surface area contributed by atoms with E-state index in [1.165, 1.54) is 12.8 Å². The van der Waals surface area contributed by atoms with E-state index in [1.807, 2.05) is 13.1 Å². The Hall–Kier alpha value is -1.58. The zero-order chi connectivity index (χ0) is 11.7. The van der Waals surface area contributed by atoms with E-state index in [0.717, 1.165) is 11.6 Å². The quantitative estimate of drug-likeness (QED) is 0.843. The van der Waals surface area contributed by atoms with Crippen LogP contribution in [0.2, 0.25) is 0 Å². The molecule has 1 aromatic rings. The predicted molar refractivity (Wildman–Crippen MR) is 61.8 cm³/mol. The largest absolute Gasteiger partial charge is 0.477 e. The van der Waals surface area contributed by atoms with Gasteiger partial charge in [-0.05, 0) is 37.8 Å². The predicted octanol–water partition coefficient (Wildman–Crippen LogP) is 2.01. The zero-order valence-electron chi connectivity index (χ0n) is 9.55. The summed E-state index contributed by atoms with van der Waals surface area (Å²) in [7, 11) is 2.00. The third-order valence-electron chi connectivity index (χ3n) is 3.29. The van der Waals surface area contributed by atoms with Gasteiger partial charge in [0.25, 0.3) is 0 Å². The highest BCUT2D eigenvalue weighted by Gasteiger charge is 2.30. The van der Waals surface area contributed by atoms with Crippen molar-refractivity contribution < 1.29 is 9.90 Å².